The lowest BCUT2D eigenvalue weighted by molar-refractivity contribution is 0.256. The molecule has 1 fully saturated rings. The van der Waals surface area contributed by atoms with Crippen molar-refractivity contribution in [3.8, 4) is 0 Å². The third kappa shape index (κ3) is 5.24. The van der Waals surface area contributed by atoms with Crippen LogP contribution in [0.15, 0.2) is 0 Å². The summed E-state index contributed by atoms with van der Waals surface area (Å²) in [5.74, 6) is 0.783. The number of sulfonamides is 1. The van der Waals surface area contributed by atoms with Crippen LogP contribution >= 0.6 is 0 Å². The van der Waals surface area contributed by atoms with Crippen LogP contribution in [0.5, 0.6) is 0 Å². The maximum absolute atomic E-state index is 12.1. The highest BCUT2D eigenvalue weighted by atomic mass is 32.2. The van der Waals surface area contributed by atoms with E-state index in [0.29, 0.717) is 30.8 Å². The van der Waals surface area contributed by atoms with Gasteiger partial charge in [0.1, 0.15) is 0 Å². The fourth-order valence-electron chi connectivity index (χ4n) is 2.30. The van der Waals surface area contributed by atoms with Crippen molar-refractivity contribution in [1.82, 2.24) is 9.62 Å². The van der Waals surface area contributed by atoms with Crippen LogP contribution in [0.2, 0.25) is 0 Å². The van der Waals surface area contributed by atoms with Crippen LogP contribution in [0.25, 0.3) is 0 Å². The Balaban J connectivity index is 2.47. The molecule has 18 heavy (non-hydrogen) atoms. The molecule has 4 nitrogen and oxygen atoms in total. The van der Waals surface area contributed by atoms with Gasteiger partial charge in [-0.25, -0.2) is 12.7 Å². The summed E-state index contributed by atoms with van der Waals surface area (Å²) >= 11 is 0. The van der Waals surface area contributed by atoms with Crippen LogP contribution in [0.3, 0.4) is 0 Å². The molecular formula is C13H28N2O2S. The summed E-state index contributed by atoms with van der Waals surface area (Å²) in [5, 5.41) is 3.41. The summed E-state index contributed by atoms with van der Waals surface area (Å²) in [6.45, 7) is 8.62. The molecule has 1 heterocycles. The van der Waals surface area contributed by atoms with E-state index in [1.54, 1.807) is 4.31 Å². The first-order valence-electron chi connectivity index (χ1n) is 7.17. The van der Waals surface area contributed by atoms with Crippen molar-refractivity contribution < 1.29 is 8.42 Å². The number of nitrogens with zero attached hydrogens (tertiary/aromatic N) is 1. The van der Waals surface area contributed by atoms with Crippen molar-refractivity contribution in [2.75, 3.05) is 25.4 Å². The maximum atomic E-state index is 12.1. The van der Waals surface area contributed by atoms with Gasteiger partial charge in [-0.3, -0.25) is 0 Å². The van der Waals surface area contributed by atoms with E-state index in [2.05, 4.69) is 19.2 Å². The monoisotopic (exact) mass is 276 g/mol. The van der Waals surface area contributed by atoms with Gasteiger partial charge in [0.25, 0.3) is 0 Å². The summed E-state index contributed by atoms with van der Waals surface area (Å²) in [4.78, 5) is 0. The highest BCUT2D eigenvalue weighted by Crippen LogP contribution is 2.19. The van der Waals surface area contributed by atoms with Crippen LogP contribution in [-0.4, -0.2) is 44.2 Å². The molecule has 0 aliphatic carbocycles. The fourth-order valence-corrected chi connectivity index (χ4v) is 4.06. The molecule has 1 aliphatic rings. The van der Waals surface area contributed by atoms with Crippen LogP contribution in [0, 0.1) is 5.92 Å². The smallest absolute Gasteiger partial charge is 0.214 e. The minimum absolute atomic E-state index is 0.313. The molecule has 1 unspecified atom stereocenters. The lowest BCUT2D eigenvalue weighted by Crippen LogP contribution is -2.44. The summed E-state index contributed by atoms with van der Waals surface area (Å²) < 4.78 is 26.0. The van der Waals surface area contributed by atoms with Crippen LogP contribution in [-0.2, 0) is 10.0 Å². The van der Waals surface area contributed by atoms with Gasteiger partial charge in [-0.1, -0.05) is 27.2 Å². The van der Waals surface area contributed by atoms with Gasteiger partial charge < -0.3 is 5.32 Å². The first-order valence-corrected chi connectivity index (χ1v) is 8.77. The van der Waals surface area contributed by atoms with Gasteiger partial charge in [0.2, 0.25) is 10.0 Å². The predicted octanol–water partition coefficient (Wildman–Crippen LogP) is 1.83. The molecule has 1 N–H and O–H groups in total. The molecule has 1 aliphatic heterocycles. The molecule has 1 atom stereocenters. The second kappa shape index (κ2) is 7.46. The highest BCUT2D eigenvalue weighted by Gasteiger charge is 2.28. The lowest BCUT2D eigenvalue weighted by Gasteiger charge is -2.32. The molecule has 1 saturated heterocycles. The van der Waals surface area contributed by atoms with Crippen molar-refractivity contribution in [3.63, 3.8) is 0 Å². The molecule has 0 bridgehead atoms. The molecule has 1 rings (SSSR count). The molecule has 0 aromatic carbocycles. The number of rotatable bonds is 7. The van der Waals surface area contributed by atoms with Crippen molar-refractivity contribution in [2.24, 2.45) is 5.92 Å². The number of unbranched alkanes of at least 4 members (excludes halogenated alkanes) is 1. The van der Waals surface area contributed by atoms with E-state index < -0.39 is 10.0 Å². The van der Waals surface area contributed by atoms with Gasteiger partial charge >= 0.3 is 0 Å². The first kappa shape index (κ1) is 15.9. The largest absolute Gasteiger partial charge is 0.314 e. The van der Waals surface area contributed by atoms with E-state index >= 15 is 0 Å². The van der Waals surface area contributed by atoms with Gasteiger partial charge in [-0.2, -0.15) is 0 Å². The van der Waals surface area contributed by atoms with Crippen LogP contribution < -0.4 is 5.32 Å². The van der Waals surface area contributed by atoms with Crippen LogP contribution in [0.4, 0.5) is 0 Å². The summed E-state index contributed by atoms with van der Waals surface area (Å²) in [5.41, 5.74) is 0. The quantitative estimate of drug-likeness (QED) is 0.772. The maximum Gasteiger partial charge on any atom is 0.214 e. The van der Waals surface area contributed by atoms with Gasteiger partial charge in [0.15, 0.2) is 0 Å². The van der Waals surface area contributed by atoms with Crippen molar-refractivity contribution in [1.29, 1.82) is 0 Å². The normalized spacial score (nSPS) is 22.6. The van der Waals surface area contributed by atoms with Crippen molar-refractivity contribution in [3.05, 3.63) is 0 Å². The molecule has 0 spiro atoms. The predicted molar refractivity (Wildman–Crippen MR) is 76.1 cm³/mol. The van der Waals surface area contributed by atoms with Gasteiger partial charge in [-0.05, 0) is 31.7 Å². The number of piperidine rings is 1. The lowest BCUT2D eigenvalue weighted by atomic mass is 9.99. The topological polar surface area (TPSA) is 49.4 Å². The zero-order valence-electron chi connectivity index (χ0n) is 12.0. The molecule has 0 saturated carbocycles. The minimum Gasteiger partial charge on any atom is -0.314 e. The molecule has 5 heteroatoms. The number of hydrogen-bond donors (Lipinski definition) is 1. The second-order valence-corrected chi connectivity index (χ2v) is 7.69. The Labute approximate surface area is 112 Å². The Hall–Kier alpha value is -0.130. The second-order valence-electron chi connectivity index (χ2n) is 5.60. The van der Waals surface area contributed by atoms with E-state index in [4.69, 9.17) is 0 Å². The molecular weight excluding hydrogens is 248 g/mol. The van der Waals surface area contributed by atoms with E-state index in [1.807, 2.05) is 6.92 Å². The molecule has 0 radical (unpaired) electrons. The molecule has 0 aromatic heterocycles. The Kier molecular flexibility index (Phi) is 6.60. The van der Waals surface area contributed by atoms with E-state index in [0.717, 1.165) is 32.2 Å². The average Bonchev–Trinajstić information content (AvgIpc) is 2.34. The van der Waals surface area contributed by atoms with E-state index in [-0.39, 0.29) is 0 Å². The highest BCUT2D eigenvalue weighted by molar-refractivity contribution is 7.89. The SMILES string of the molecule is CCCCS(=O)(=O)N1CCCC(CNC(C)C)C1. The van der Waals surface area contributed by atoms with Gasteiger partial charge in [0.05, 0.1) is 5.75 Å². The zero-order valence-corrected chi connectivity index (χ0v) is 12.8. The van der Waals surface area contributed by atoms with Gasteiger partial charge in [0, 0.05) is 19.1 Å². The Morgan fingerprint density at radius 2 is 2.11 bits per heavy atom. The third-order valence-corrected chi connectivity index (χ3v) is 5.37. The summed E-state index contributed by atoms with van der Waals surface area (Å²) in [7, 11) is -3.01. The standard InChI is InChI=1S/C13H28N2O2S/c1-4-5-9-18(16,17)15-8-6-7-13(11-15)10-14-12(2)3/h12-14H,4-11H2,1-3H3. The summed E-state index contributed by atoms with van der Waals surface area (Å²) in [6.07, 6.45) is 3.84. The first-order chi connectivity index (χ1) is 8.45. The third-order valence-electron chi connectivity index (χ3n) is 3.45. The average molecular weight is 276 g/mol. The van der Waals surface area contributed by atoms with Crippen molar-refractivity contribution >= 4 is 10.0 Å². The summed E-state index contributed by atoms with van der Waals surface area (Å²) in [6, 6.07) is 0.470. The Bertz CT molecular complexity index is 328. The molecule has 0 aromatic rings. The number of nitrogens with one attached hydrogen (secondary N) is 1. The van der Waals surface area contributed by atoms with E-state index in [9.17, 15) is 8.42 Å². The van der Waals surface area contributed by atoms with Gasteiger partial charge in [-0.15, -0.1) is 0 Å². The minimum atomic E-state index is -3.01. The van der Waals surface area contributed by atoms with E-state index in [1.165, 1.54) is 0 Å². The van der Waals surface area contributed by atoms with Crippen molar-refractivity contribution in [2.45, 2.75) is 52.5 Å². The fraction of sp³-hybridized carbons (Fsp3) is 1.00. The van der Waals surface area contributed by atoms with Crippen LogP contribution in [0.1, 0.15) is 46.5 Å². The Morgan fingerprint density at radius 3 is 2.72 bits per heavy atom. The molecule has 108 valence electrons. The number of hydrogen-bond acceptors (Lipinski definition) is 3. The Morgan fingerprint density at radius 1 is 1.39 bits per heavy atom. The molecule has 0 amide bonds. The zero-order chi connectivity index (χ0) is 13.6.